The van der Waals surface area contributed by atoms with Crippen LogP contribution in [0.3, 0.4) is 0 Å². The molecule has 0 saturated heterocycles. The molecular formula is C8H14O4. The fourth-order valence-electron chi connectivity index (χ4n) is 1.69. The van der Waals surface area contributed by atoms with Crippen molar-refractivity contribution in [2.24, 2.45) is 5.92 Å². The normalized spacial score (nSPS) is 32.8. The molecule has 0 aromatic carbocycles. The van der Waals surface area contributed by atoms with Gasteiger partial charge in [-0.2, -0.15) is 0 Å². The zero-order valence-electron chi connectivity index (χ0n) is 6.81. The molecule has 0 aromatic rings. The second kappa shape index (κ2) is 3.87. The summed E-state index contributed by atoms with van der Waals surface area (Å²) in [5.74, 6) is -1.46. The molecule has 3 atom stereocenters. The van der Waals surface area contributed by atoms with E-state index in [0.29, 0.717) is 12.8 Å². The van der Waals surface area contributed by atoms with Gasteiger partial charge in [0.25, 0.3) is 0 Å². The Morgan fingerprint density at radius 3 is 2.58 bits per heavy atom. The second-order valence-corrected chi connectivity index (χ2v) is 3.36. The van der Waals surface area contributed by atoms with Gasteiger partial charge in [0.1, 0.15) is 0 Å². The summed E-state index contributed by atoms with van der Waals surface area (Å²) >= 11 is 0. The maximum Gasteiger partial charge on any atom is 0.332 e. The van der Waals surface area contributed by atoms with Gasteiger partial charge in [0.05, 0.1) is 6.10 Å². The number of carboxylic acids is 1. The third-order valence-electron chi connectivity index (χ3n) is 2.39. The third-order valence-corrected chi connectivity index (χ3v) is 2.39. The Bertz CT molecular complexity index is 168. The van der Waals surface area contributed by atoms with Gasteiger partial charge in [0, 0.05) is 0 Å². The third kappa shape index (κ3) is 2.19. The maximum atomic E-state index is 10.4. The molecule has 1 aliphatic carbocycles. The van der Waals surface area contributed by atoms with Crippen LogP contribution in [0.1, 0.15) is 25.7 Å². The smallest absolute Gasteiger partial charge is 0.332 e. The summed E-state index contributed by atoms with van der Waals surface area (Å²) in [6, 6.07) is 0. The predicted molar refractivity (Wildman–Crippen MR) is 41.6 cm³/mol. The largest absolute Gasteiger partial charge is 0.479 e. The maximum absolute atomic E-state index is 10.4. The van der Waals surface area contributed by atoms with E-state index in [2.05, 4.69) is 0 Å². The predicted octanol–water partition coefficient (Wildman–Crippen LogP) is -0.0170. The number of rotatable bonds is 2. The van der Waals surface area contributed by atoms with Gasteiger partial charge >= 0.3 is 5.97 Å². The Balaban J connectivity index is 2.45. The Morgan fingerprint density at radius 1 is 1.42 bits per heavy atom. The number of hydrogen-bond acceptors (Lipinski definition) is 3. The number of carbonyl (C=O) groups is 1. The van der Waals surface area contributed by atoms with E-state index in [-0.39, 0.29) is 5.92 Å². The van der Waals surface area contributed by atoms with E-state index in [9.17, 15) is 9.90 Å². The molecular weight excluding hydrogens is 160 g/mol. The second-order valence-electron chi connectivity index (χ2n) is 3.36. The van der Waals surface area contributed by atoms with Crippen LogP contribution in [0, 0.1) is 5.92 Å². The Labute approximate surface area is 70.8 Å². The first kappa shape index (κ1) is 9.48. The molecule has 70 valence electrons. The van der Waals surface area contributed by atoms with Crippen molar-refractivity contribution in [3.8, 4) is 0 Å². The standard InChI is InChI=1S/C8H14O4/c9-6-3-1-2-5(4-6)7(10)8(11)12/h5-7,9-10H,1-4H2,(H,11,12). The van der Waals surface area contributed by atoms with Crippen LogP contribution in [0.25, 0.3) is 0 Å². The number of aliphatic hydroxyl groups is 2. The summed E-state index contributed by atoms with van der Waals surface area (Å²) in [5, 5.41) is 26.9. The molecule has 0 aliphatic heterocycles. The van der Waals surface area contributed by atoms with Crippen molar-refractivity contribution in [3.63, 3.8) is 0 Å². The van der Waals surface area contributed by atoms with Crippen LogP contribution in [-0.2, 0) is 4.79 Å². The van der Waals surface area contributed by atoms with Gasteiger partial charge in [-0.15, -0.1) is 0 Å². The van der Waals surface area contributed by atoms with Crippen LogP contribution in [0.5, 0.6) is 0 Å². The zero-order chi connectivity index (χ0) is 9.14. The fraction of sp³-hybridized carbons (Fsp3) is 0.875. The van der Waals surface area contributed by atoms with Crippen LogP contribution in [0.2, 0.25) is 0 Å². The lowest BCUT2D eigenvalue weighted by Gasteiger charge is -2.27. The highest BCUT2D eigenvalue weighted by Gasteiger charge is 2.30. The van der Waals surface area contributed by atoms with Crippen LogP contribution < -0.4 is 0 Å². The minimum Gasteiger partial charge on any atom is -0.479 e. The van der Waals surface area contributed by atoms with Crippen LogP contribution in [-0.4, -0.2) is 33.5 Å². The molecule has 12 heavy (non-hydrogen) atoms. The molecule has 1 aliphatic rings. The summed E-state index contributed by atoms with van der Waals surface area (Å²) in [6.07, 6.45) is 0.898. The van der Waals surface area contributed by atoms with E-state index in [1.165, 1.54) is 0 Å². The minimum atomic E-state index is -1.31. The molecule has 0 amide bonds. The van der Waals surface area contributed by atoms with Gasteiger partial charge in [-0.3, -0.25) is 0 Å². The molecule has 0 bridgehead atoms. The highest BCUT2D eigenvalue weighted by molar-refractivity contribution is 5.72. The lowest BCUT2D eigenvalue weighted by atomic mass is 9.84. The van der Waals surface area contributed by atoms with E-state index >= 15 is 0 Å². The summed E-state index contributed by atoms with van der Waals surface area (Å²) < 4.78 is 0. The van der Waals surface area contributed by atoms with Crippen molar-refractivity contribution in [1.29, 1.82) is 0 Å². The van der Waals surface area contributed by atoms with Gasteiger partial charge in [-0.05, 0) is 25.2 Å². The van der Waals surface area contributed by atoms with Crippen molar-refractivity contribution in [2.45, 2.75) is 37.9 Å². The molecule has 0 aromatic heterocycles. The van der Waals surface area contributed by atoms with Crippen LogP contribution >= 0.6 is 0 Å². The molecule has 0 heterocycles. The Hall–Kier alpha value is -0.610. The van der Waals surface area contributed by atoms with Gasteiger partial charge in [-0.1, -0.05) is 6.42 Å². The molecule has 1 fully saturated rings. The zero-order valence-corrected chi connectivity index (χ0v) is 6.81. The summed E-state index contributed by atoms with van der Waals surface area (Å²) in [4.78, 5) is 10.4. The van der Waals surface area contributed by atoms with E-state index in [1.807, 2.05) is 0 Å². The average molecular weight is 174 g/mol. The SMILES string of the molecule is O=C(O)C(O)C1CCCC(O)C1. The van der Waals surface area contributed by atoms with E-state index in [0.717, 1.165) is 12.8 Å². The molecule has 3 unspecified atom stereocenters. The first-order chi connectivity index (χ1) is 5.61. The van der Waals surface area contributed by atoms with Gasteiger partial charge in [-0.25, -0.2) is 4.79 Å². The van der Waals surface area contributed by atoms with Crippen molar-refractivity contribution in [1.82, 2.24) is 0 Å². The quantitative estimate of drug-likeness (QED) is 0.550. The number of carboxylic acid groups (broad SMARTS) is 1. The summed E-state index contributed by atoms with van der Waals surface area (Å²) in [6.45, 7) is 0. The van der Waals surface area contributed by atoms with Gasteiger partial charge in [0.2, 0.25) is 0 Å². The highest BCUT2D eigenvalue weighted by Crippen LogP contribution is 2.26. The molecule has 0 radical (unpaired) electrons. The number of aliphatic hydroxyl groups excluding tert-OH is 2. The summed E-state index contributed by atoms with van der Waals surface area (Å²) in [5.41, 5.74) is 0. The Morgan fingerprint density at radius 2 is 2.08 bits per heavy atom. The van der Waals surface area contributed by atoms with Crippen molar-refractivity contribution < 1.29 is 20.1 Å². The molecule has 1 saturated carbocycles. The first-order valence-electron chi connectivity index (χ1n) is 4.20. The first-order valence-corrected chi connectivity index (χ1v) is 4.20. The van der Waals surface area contributed by atoms with Crippen molar-refractivity contribution in [2.75, 3.05) is 0 Å². The van der Waals surface area contributed by atoms with Crippen molar-refractivity contribution >= 4 is 5.97 Å². The minimum absolute atomic E-state index is 0.272. The van der Waals surface area contributed by atoms with Gasteiger partial charge in [0.15, 0.2) is 6.10 Å². The monoisotopic (exact) mass is 174 g/mol. The number of hydrogen-bond donors (Lipinski definition) is 3. The van der Waals surface area contributed by atoms with Crippen molar-refractivity contribution in [3.05, 3.63) is 0 Å². The topological polar surface area (TPSA) is 77.8 Å². The van der Waals surface area contributed by atoms with Crippen LogP contribution in [0.4, 0.5) is 0 Å². The van der Waals surface area contributed by atoms with Crippen LogP contribution in [0.15, 0.2) is 0 Å². The fourth-order valence-corrected chi connectivity index (χ4v) is 1.69. The molecule has 0 spiro atoms. The highest BCUT2D eigenvalue weighted by atomic mass is 16.4. The Kier molecular flexibility index (Phi) is 3.05. The molecule has 4 heteroatoms. The van der Waals surface area contributed by atoms with E-state index in [4.69, 9.17) is 10.2 Å². The van der Waals surface area contributed by atoms with E-state index in [1.54, 1.807) is 0 Å². The molecule has 3 N–H and O–H groups in total. The average Bonchev–Trinajstić information content (AvgIpc) is 2.03. The molecule has 1 rings (SSSR count). The van der Waals surface area contributed by atoms with Gasteiger partial charge < -0.3 is 15.3 Å². The lowest BCUT2D eigenvalue weighted by molar-refractivity contribution is -0.151. The lowest BCUT2D eigenvalue weighted by Crippen LogP contribution is -2.34. The summed E-state index contributed by atoms with van der Waals surface area (Å²) in [7, 11) is 0. The number of aliphatic carboxylic acids is 1. The molecule has 4 nitrogen and oxygen atoms in total. The van der Waals surface area contributed by atoms with E-state index < -0.39 is 18.2 Å².